The maximum Gasteiger partial charge on any atom is 0.247 e. The number of nitro groups is 1. The Morgan fingerprint density at radius 3 is 2.11 bits per heavy atom. The monoisotopic (exact) mass is 152 g/mol. The molecule has 0 rings (SSSR count). The third kappa shape index (κ3) is 7.05. The Bertz CT molecular complexity index is 227. The van der Waals surface area contributed by atoms with Crippen LogP contribution in [0.2, 0.25) is 0 Å². The van der Waals surface area contributed by atoms with Crippen molar-refractivity contribution in [1.29, 1.82) is 0 Å². The summed E-state index contributed by atoms with van der Waals surface area (Å²) >= 11 is 0. The van der Waals surface area contributed by atoms with Gasteiger partial charge in [0.1, 0.15) is 5.41 Å². The Hall–Kier alpha value is -0.950. The molecule has 0 atom stereocenters. The van der Waals surface area contributed by atoms with Gasteiger partial charge in [-0.15, -0.1) is 0 Å². The molecule has 9 heavy (non-hydrogen) atoms. The quantitative estimate of drug-likeness (QED) is 0.405. The predicted molar refractivity (Wildman–Crippen MR) is 29.2 cm³/mol. The Balaban J connectivity index is 4.21. The molecule has 0 bridgehead atoms. The summed E-state index contributed by atoms with van der Waals surface area (Å²) in [5.41, 5.74) is 0. The Morgan fingerprint density at radius 1 is 1.56 bits per heavy atom. The van der Waals surface area contributed by atoms with Crippen LogP contribution in [0.5, 0.6) is 0 Å². The maximum atomic E-state index is 9.92. The van der Waals surface area contributed by atoms with Crippen LogP contribution < -0.4 is 5.14 Å². The molecule has 0 radical (unpaired) electrons. The second kappa shape index (κ2) is 2.55. The van der Waals surface area contributed by atoms with Crippen LogP contribution in [0.1, 0.15) is 0 Å². The Morgan fingerprint density at radius 2 is 2.00 bits per heavy atom. The number of sulfonamides is 1. The van der Waals surface area contributed by atoms with E-state index in [0.717, 1.165) is 0 Å². The molecule has 0 aliphatic carbocycles. The zero-order chi connectivity index (χ0) is 7.49. The fraction of sp³-hybridized carbons (Fsp3) is 0. The number of nitrogens with zero attached hydrogens (tertiary/aromatic N) is 1. The minimum atomic E-state index is -3.84. The molecule has 0 aromatic heterocycles. The largest absolute Gasteiger partial charge is 0.259 e. The molecule has 0 unspecified atom stereocenters. The summed E-state index contributed by atoms with van der Waals surface area (Å²) in [5.74, 6) is 0. The van der Waals surface area contributed by atoms with Crippen LogP contribution in [0.3, 0.4) is 0 Å². The molecule has 2 N–H and O–H groups in total. The van der Waals surface area contributed by atoms with Crippen molar-refractivity contribution in [2.45, 2.75) is 0 Å². The molecule has 0 fully saturated rings. The highest BCUT2D eigenvalue weighted by molar-refractivity contribution is 7.92. The number of primary sulfonamides is 1. The third-order valence-corrected chi connectivity index (χ3v) is 0.873. The highest BCUT2D eigenvalue weighted by Crippen LogP contribution is 1.79. The lowest BCUT2D eigenvalue weighted by Crippen LogP contribution is -2.07. The van der Waals surface area contributed by atoms with E-state index in [2.05, 4.69) is 5.14 Å². The van der Waals surface area contributed by atoms with Crippen molar-refractivity contribution in [3.8, 4) is 0 Å². The SMILES string of the molecule is NS(=O)(=O)/C=C\[N+](=O)[O-]. The summed E-state index contributed by atoms with van der Waals surface area (Å²) in [4.78, 5) is 8.53. The zero-order valence-electron chi connectivity index (χ0n) is 4.22. The summed E-state index contributed by atoms with van der Waals surface area (Å²) in [6.45, 7) is 0. The van der Waals surface area contributed by atoms with Gasteiger partial charge in [0.05, 0.1) is 4.92 Å². The van der Waals surface area contributed by atoms with Crippen LogP contribution >= 0.6 is 0 Å². The fourth-order valence-electron chi connectivity index (χ4n) is 0.135. The van der Waals surface area contributed by atoms with E-state index in [-0.39, 0.29) is 6.20 Å². The van der Waals surface area contributed by atoms with E-state index in [1.807, 2.05) is 0 Å². The number of rotatable bonds is 2. The van der Waals surface area contributed by atoms with Gasteiger partial charge in [0, 0.05) is 0 Å². The highest BCUT2D eigenvalue weighted by Gasteiger charge is 1.95. The van der Waals surface area contributed by atoms with Crippen molar-refractivity contribution in [2.24, 2.45) is 5.14 Å². The minimum absolute atomic E-state index is 0.259. The van der Waals surface area contributed by atoms with Crippen molar-refractivity contribution in [2.75, 3.05) is 0 Å². The van der Waals surface area contributed by atoms with Gasteiger partial charge in [-0.3, -0.25) is 10.1 Å². The fourth-order valence-corrected chi connectivity index (χ4v) is 0.404. The van der Waals surface area contributed by atoms with Gasteiger partial charge in [-0.1, -0.05) is 0 Å². The van der Waals surface area contributed by atoms with Gasteiger partial charge in [0.2, 0.25) is 16.2 Å². The lowest BCUT2D eigenvalue weighted by atomic mass is 11.1. The average Bonchev–Trinajstić information content (AvgIpc) is 1.59. The normalized spacial score (nSPS) is 12.1. The number of hydrogen-bond acceptors (Lipinski definition) is 4. The van der Waals surface area contributed by atoms with Crippen LogP contribution in [-0.4, -0.2) is 13.3 Å². The molecule has 7 heteroatoms. The standard InChI is InChI=1S/C2H4N2O4S/c3-9(7,8)2-1-4(5)6/h1-2H,(H2,3,7,8)/b2-1-. The average molecular weight is 152 g/mol. The van der Waals surface area contributed by atoms with Gasteiger partial charge < -0.3 is 0 Å². The van der Waals surface area contributed by atoms with Gasteiger partial charge in [0.15, 0.2) is 0 Å². The van der Waals surface area contributed by atoms with E-state index in [1.54, 1.807) is 0 Å². The van der Waals surface area contributed by atoms with Crippen molar-refractivity contribution in [1.82, 2.24) is 0 Å². The van der Waals surface area contributed by atoms with Crippen LogP contribution in [-0.2, 0) is 10.0 Å². The smallest absolute Gasteiger partial charge is 0.247 e. The molecule has 0 aromatic carbocycles. The molecule has 0 aliphatic rings. The van der Waals surface area contributed by atoms with E-state index in [0.29, 0.717) is 5.41 Å². The second-order valence-electron chi connectivity index (χ2n) is 1.16. The molecule has 52 valence electrons. The van der Waals surface area contributed by atoms with Crippen LogP contribution in [0.15, 0.2) is 11.6 Å². The Labute approximate surface area is 51.2 Å². The topological polar surface area (TPSA) is 103 Å². The molecule has 0 heterocycles. The third-order valence-electron chi connectivity index (χ3n) is 0.372. The molecule has 0 aromatic rings. The van der Waals surface area contributed by atoms with Crippen molar-refractivity contribution in [3.05, 3.63) is 21.7 Å². The first-order valence-corrected chi connectivity index (χ1v) is 3.37. The van der Waals surface area contributed by atoms with Gasteiger partial charge in [-0.2, -0.15) is 0 Å². The highest BCUT2D eigenvalue weighted by atomic mass is 32.2. The molecular weight excluding hydrogens is 148 g/mol. The summed E-state index contributed by atoms with van der Waals surface area (Å²) in [6.07, 6.45) is 0.259. The minimum Gasteiger partial charge on any atom is -0.259 e. The van der Waals surface area contributed by atoms with E-state index in [9.17, 15) is 18.5 Å². The van der Waals surface area contributed by atoms with E-state index in [4.69, 9.17) is 0 Å². The van der Waals surface area contributed by atoms with Gasteiger partial charge >= 0.3 is 0 Å². The van der Waals surface area contributed by atoms with E-state index in [1.165, 1.54) is 0 Å². The molecule has 6 nitrogen and oxygen atoms in total. The first kappa shape index (κ1) is 8.05. The van der Waals surface area contributed by atoms with Crippen molar-refractivity contribution < 1.29 is 13.3 Å². The van der Waals surface area contributed by atoms with Crippen LogP contribution in [0.4, 0.5) is 0 Å². The zero-order valence-corrected chi connectivity index (χ0v) is 5.04. The molecule has 0 spiro atoms. The molecule has 0 amide bonds. The Kier molecular flexibility index (Phi) is 2.29. The van der Waals surface area contributed by atoms with E-state index < -0.39 is 14.9 Å². The van der Waals surface area contributed by atoms with Crippen molar-refractivity contribution >= 4 is 10.0 Å². The van der Waals surface area contributed by atoms with Gasteiger partial charge in [-0.05, 0) is 0 Å². The lowest BCUT2D eigenvalue weighted by Gasteiger charge is -1.79. The second-order valence-corrected chi connectivity index (χ2v) is 2.61. The summed E-state index contributed by atoms with van der Waals surface area (Å²) < 4.78 is 19.8. The number of nitrogens with two attached hydrogens (primary N) is 1. The summed E-state index contributed by atoms with van der Waals surface area (Å²) in [5, 5.41) is 14.1. The van der Waals surface area contributed by atoms with Crippen LogP contribution in [0.25, 0.3) is 0 Å². The molecule has 0 saturated carbocycles. The van der Waals surface area contributed by atoms with Crippen LogP contribution in [0, 0.1) is 10.1 Å². The first-order chi connectivity index (χ1) is 3.92. The number of hydrogen-bond donors (Lipinski definition) is 1. The van der Waals surface area contributed by atoms with Crippen molar-refractivity contribution in [3.63, 3.8) is 0 Å². The van der Waals surface area contributed by atoms with Gasteiger partial charge in [-0.25, -0.2) is 13.6 Å². The molecule has 0 saturated heterocycles. The maximum absolute atomic E-state index is 9.92. The first-order valence-electron chi connectivity index (χ1n) is 1.76. The lowest BCUT2D eigenvalue weighted by molar-refractivity contribution is -0.402. The summed E-state index contributed by atoms with van der Waals surface area (Å²) in [7, 11) is -3.84. The molecular formula is C2H4N2O4S. The van der Waals surface area contributed by atoms with E-state index >= 15 is 0 Å². The van der Waals surface area contributed by atoms with Gasteiger partial charge in [0.25, 0.3) is 0 Å². The predicted octanol–water partition coefficient (Wildman–Crippen LogP) is -0.977. The molecule has 0 aliphatic heterocycles. The summed E-state index contributed by atoms with van der Waals surface area (Å²) in [6, 6.07) is 0.